The van der Waals surface area contributed by atoms with E-state index in [0.29, 0.717) is 29.1 Å². The van der Waals surface area contributed by atoms with Crippen LogP contribution in [0.5, 0.6) is 0 Å². The van der Waals surface area contributed by atoms with Crippen LogP contribution in [0.4, 0.5) is 20.2 Å². The molecule has 0 spiro atoms. The molecule has 0 saturated heterocycles. The number of amides is 1. The molecule has 1 aliphatic heterocycles. The van der Waals surface area contributed by atoms with E-state index in [9.17, 15) is 13.6 Å². The first-order valence-corrected chi connectivity index (χ1v) is 7.20. The third kappa shape index (κ3) is 2.85. The van der Waals surface area contributed by atoms with E-state index < -0.39 is 11.6 Å². The molecule has 0 aromatic heterocycles. The van der Waals surface area contributed by atoms with Gasteiger partial charge in [-0.1, -0.05) is 11.8 Å². The Balaban J connectivity index is 1.96. The van der Waals surface area contributed by atoms with E-state index in [1.165, 1.54) is 0 Å². The third-order valence-corrected chi connectivity index (χ3v) is 4.35. The van der Waals surface area contributed by atoms with Crippen LogP contribution in [-0.2, 0) is 11.2 Å². The van der Waals surface area contributed by atoms with Gasteiger partial charge >= 0.3 is 0 Å². The number of rotatable bonds is 2. The van der Waals surface area contributed by atoms with Gasteiger partial charge in [-0.05, 0) is 42.3 Å². The predicted octanol–water partition coefficient (Wildman–Crippen LogP) is 3.58. The number of hydrogen-bond donors (Lipinski definition) is 2. The lowest BCUT2D eigenvalue weighted by Crippen LogP contribution is -2.19. The first-order chi connectivity index (χ1) is 10.0. The highest BCUT2D eigenvalue weighted by atomic mass is 32.2. The van der Waals surface area contributed by atoms with Gasteiger partial charge in [-0.3, -0.25) is 4.79 Å². The number of benzene rings is 2. The smallest absolute Gasteiger partial charge is 0.224 e. The Kier molecular flexibility index (Phi) is 3.55. The number of nitrogen functional groups attached to an aromatic ring is 1. The van der Waals surface area contributed by atoms with E-state index >= 15 is 0 Å². The molecule has 2 aromatic rings. The fourth-order valence-electron chi connectivity index (χ4n) is 2.19. The van der Waals surface area contributed by atoms with Crippen LogP contribution < -0.4 is 11.1 Å². The zero-order chi connectivity index (χ0) is 15.0. The molecule has 0 fully saturated rings. The molecule has 3 rings (SSSR count). The van der Waals surface area contributed by atoms with Crippen molar-refractivity contribution in [3.63, 3.8) is 0 Å². The zero-order valence-corrected chi connectivity index (χ0v) is 11.8. The minimum atomic E-state index is -0.498. The van der Waals surface area contributed by atoms with E-state index in [-0.39, 0.29) is 10.8 Å². The van der Waals surface area contributed by atoms with Crippen molar-refractivity contribution in [1.29, 1.82) is 0 Å². The number of aryl methyl sites for hydroxylation is 1. The Morgan fingerprint density at radius 2 is 1.90 bits per heavy atom. The Labute approximate surface area is 124 Å². The highest BCUT2D eigenvalue weighted by molar-refractivity contribution is 7.99. The van der Waals surface area contributed by atoms with Crippen molar-refractivity contribution in [2.75, 3.05) is 11.1 Å². The van der Waals surface area contributed by atoms with Gasteiger partial charge in [0, 0.05) is 22.7 Å². The molecule has 108 valence electrons. The maximum absolute atomic E-state index is 13.7. The largest absolute Gasteiger partial charge is 0.398 e. The van der Waals surface area contributed by atoms with Gasteiger partial charge in [-0.25, -0.2) is 8.78 Å². The van der Waals surface area contributed by atoms with E-state index in [2.05, 4.69) is 5.32 Å². The van der Waals surface area contributed by atoms with Crippen molar-refractivity contribution in [3.8, 4) is 0 Å². The predicted molar refractivity (Wildman–Crippen MR) is 78.3 cm³/mol. The molecule has 1 heterocycles. The van der Waals surface area contributed by atoms with Gasteiger partial charge in [0.15, 0.2) is 0 Å². The summed E-state index contributed by atoms with van der Waals surface area (Å²) in [6, 6.07) is 6.78. The number of nitrogens with two attached hydrogens (primary N) is 1. The van der Waals surface area contributed by atoms with Crippen molar-refractivity contribution in [2.24, 2.45) is 0 Å². The second kappa shape index (κ2) is 5.37. The molecule has 2 aromatic carbocycles. The Hall–Kier alpha value is -2.08. The Bertz CT molecular complexity index is 734. The molecular formula is C15H12F2N2OS. The topological polar surface area (TPSA) is 55.1 Å². The molecule has 3 N–H and O–H groups in total. The van der Waals surface area contributed by atoms with Gasteiger partial charge in [-0.2, -0.15) is 0 Å². The standard InChI is InChI=1S/C15H12F2N2OS/c16-9-2-3-10(17)13(6-9)21-14-5-8-1-4-15(20)19-12(8)7-11(14)18/h2-3,5-7H,1,4,18H2,(H,19,20). The fraction of sp³-hybridized carbons (Fsp3) is 0.133. The van der Waals surface area contributed by atoms with Crippen molar-refractivity contribution < 1.29 is 13.6 Å². The van der Waals surface area contributed by atoms with E-state index in [1.54, 1.807) is 6.07 Å². The summed E-state index contributed by atoms with van der Waals surface area (Å²) in [5.74, 6) is -1.03. The van der Waals surface area contributed by atoms with Crippen LogP contribution in [0.3, 0.4) is 0 Å². The van der Waals surface area contributed by atoms with Crippen molar-refractivity contribution in [1.82, 2.24) is 0 Å². The maximum Gasteiger partial charge on any atom is 0.224 e. The van der Waals surface area contributed by atoms with Crippen molar-refractivity contribution in [3.05, 3.63) is 47.5 Å². The van der Waals surface area contributed by atoms with Gasteiger partial charge in [-0.15, -0.1) is 0 Å². The molecule has 6 heteroatoms. The first kappa shape index (κ1) is 13.9. The molecule has 0 saturated carbocycles. The molecule has 3 nitrogen and oxygen atoms in total. The van der Waals surface area contributed by atoms with Crippen LogP contribution in [0.1, 0.15) is 12.0 Å². The number of carbonyl (C=O) groups is 1. The zero-order valence-electron chi connectivity index (χ0n) is 11.0. The Morgan fingerprint density at radius 1 is 1.10 bits per heavy atom. The minimum Gasteiger partial charge on any atom is -0.398 e. The summed E-state index contributed by atoms with van der Waals surface area (Å²) in [7, 11) is 0. The summed E-state index contributed by atoms with van der Waals surface area (Å²) >= 11 is 1.08. The van der Waals surface area contributed by atoms with Gasteiger partial charge < -0.3 is 11.1 Å². The number of anilines is 2. The van der Waals surface area contributed by atoms with E-state index in [0.717, 1.165) is 35.5 Å². The lowest BCUT2D eigenvalue weighted by molar-refractivity contribution is -0.116. The molecule has 0 bridgehead atoms. The lowest BCUT2D eigenvalue weighted by atomic mass is 10.0. The molecule has 0 atom stereocenters. The molecule has 0 radical (unpaired) electrons. The van der Waals surface area contributed by atoms with Crippen molar-refractivity contribution >= 4 is 29.0 Å². The summed E-state index contributed by atoms with van der Waals surface area (Å²) < 4.78 is 26.9. The van der Waals surface area contributed by atoms with Gasteiger partial charge in [0.2, 0.25) is 5.91 Å². The summed E-state index contributed by atoms with van der Waals surface area (Å²) in [6.45, 7) is 0. The molecule has 0 aliphatic carbocycles. The summed E-state index contributed by atoms with van der Waals surface area (Å²) in [5, 5.41) is 2.75. The van der Waals surface area contributed by atoms with Gasteiger partial charge in [0.1, 0.15) is 11.6 Å². The number of carbonyl (C=O) groups excluding carboxylic acids is 1. The molecular weight excluding hydrogens is 294 g/mol. The fourth-order valence-corrected chi connectivity index (χ4v) is 3.14. The highest BCUT2D eigenvalue weighted by Gasteiger charge is 2.17. The van der Waals surface area contributed by atoms with Gasteiger partial charge in [0.05, 0.1) is 4.90 Å². The molecule has 1 aliphatic rings. The quantitative estimate of drug-likeness (QED) is 0.834. The van der Waals surface area contributed by atoms with Crippen LogP contribution >= 0.6 is 11.8 Å². The second-order valence-corrected chi connectivity index (χ2v) is 5.86. The summed E-state index contributed by atoms with van der Waals surface area (Å²) in [5.41, 5.74) is 7.99. The van der Waals surface area contributed by atoms with Crippen LogP contribution in [-0.4, -0.2) is 5.91 Å². The normalized spacial score (nSPS) is 13.7. The monoisotopic (exact) mass is 306 g/mol. The number of halogens is 2. The van der Waals surface area contributed by atoms with Crippen LogP contribution in [0.15, 0.2) is 40.1 Å². The Morgan fingerprint density at radius 3 is 2.71 bits per heavy atom. The number of fused-ring (bicyclic) bond motifs is 1. The average molecular weight is 306 g/mol. The van der Waals surface area contributed by atoms with Crippen LogP contribution in [0, 0.1) is 11.6 Å². The van der Waals surface area contributed by atoms with Crippen molar-refractivity contribution in [2.45, 2.75) is 22.6 Å². The molecule has 1 amide bonds. The SMILES string of the molecule is Nc1cc2c(cc1Sc1cc(F)ccc1F)CCC(=O)N2. The lowest BCUT2D eigenvalue weighted by Gasteiger charge is -2.19. The molecule has 0 unspecified atom stereocenters. The minimum absolute atomic E-state index is 0.0431. The third-order valence-electron chi connectivity index (χ3n) is 3.24. The summed E-state index contributed by atoms with van der Waals surface area (Å²) in [6.07, 6.45) is 1.02. The first-order valence-electron chi connectivity index (χ1n) is 6.38. The summed E-state index contributed by atoms with van der Waals surface area (Å²) in [4.78, 5) is 12.2. The maximum atomic E-state index is 13.7. The number of nitrogens with one attached hydrogen (secondary N) is 1. The van der Waals surface area contributed by atoms with E-state index in [4.69, 9.17) is 5.73 Å². The van der Waals surface area contributed by atoms with Crippen LogP contribution in [0.25, 0.3) is 0 Å². The molecule has 21 heavy (non-hydrogen) atoms. The van der Waals surface area contributed by atoms with Gasteiger partial charge in [0.25, 0.3) is 0 Å². The number of hydrogen-bond acceptors (Lipinski definition) is 3. The average Bonchev–Trinajstić information content (AvgIpc) is 2.44. The highest BCUT2D eigenvalue weighted by Crippen LogP contribution is 2.38. The second-order valence-electron chi connectivity index (χ2n) is 4.77. The van der Waals surface area contributed by atoms with Crippen LogP contribution in [0.2, 0.25) is 0 Å². The van der Waals surface area contributed by atoms with E-state index in [1.807, 2.05) is 6.07 Å².